The van der Waals surface area contributed by atoms with Crippen LogP contribution in [0.1, 0.15) is 19.3 Å². The second-order valence-corrected chi connectivity index (χ2v) is 5.51. The van der Waals surface area contributed by atoms with E-state index >= 15 is 0 Å². The minimum Gasteiger partial charge on any atom is -0.356 e. The fourth-order valence-electron chi connectivity index (χ4n) is 3.16. The largest absolute Gasteiger partial charge is 0.356 e. The van der Waals surface area contributed by atoms with E-state index in [1.165, 1.54) is 31.4 Å². The van der Waals surface area contributed by atoms with Gasteiger partial charge in [0.15, 0.2) is 0 Å². The van der Waals surface area contributed by atoms with Crippen LogP contribution in [0.5, 0.6) is 0 Å². The van der Waals surface area contributed by atoms with Gasteiger partial charge >= 0.3 is 0 Å². The third-order valence-electron chi connectivity index (χ3n) is 4.03. The highest BCUT2D eigenvalue weighted by atomic mass is 35.5. The summed E-state index contributed by atoms with van der Waals surface area (Å²) >= 11 is 5.85. The van der Waals surface area contributed by atoms with Crippen molar-refractivity contribution in [2.75, 3.05) is 18.0 Å². The molecule has 3 rings (SSSR count). The number of hydrogen-bond donors (Lipinski definition) is 0. The molecule has 2 aliphatic rings. The molecule has 0 amide bonds. The van der Waals surface area contributed by atoms with Crippen LogP contribution in [0.2, 0.25) is 5.15 Å². The maximum Gasteiger partial charge on any atom is 0.276 e. The summed E-state index contributed by atoms with van der Waals surface area (Å²) in [4.78, 5) is 16.7. The van der Waals surface area contributed by atoms with Crippen molar-refractivity contribution >= 4 is 23.1 Å². The van der Waals surface area contributed by atoms with Crippen LogP contribution in [-0.4, -0.2) is 23.0 Å². The Morgan fingerprint density at radius 2 is 2.00 bits per heavy atom. The molecule has 96 valence electrons. The normalized spacial score (nSPS) is 26.4. The summed E-state index contributed by atoms with van der Waals surface area (Å²) in [6.45, 7) is 1.91. The number of nitro groups is 1. The number of halogens is 1. The van der Waals surface area contributed by atoms with Gasteiger partial charge in [-0.15, -0.1) is 0 Å². The summed E-state index contributed by atoms with van der Waals surface area (Å²) in [5.41, 5.74) is 0.0158. The molecule has 1 aliphatic carbocycles. The van der Waals surface area contributed by atoms with Gasteiger partial charge in [-0.1, -0.05) is 18.0 Å². The lowest BCUT2D eigenvalue weighted by atomic mass is 10.0. The number of rotatable bonds is 2. The summed E-state index contributed by atoms with van der Waals surface area (Å²) in [5.74, 6) is 2.10. The van der Waals surface area contributed by atoms with Gasteiger partial charge in [0.05, 0.1) is 17.1 Å². The molecule has 1 aromatic heterocycles. The van der Waals surface area contributed by atoms with Gasteiger partial charge in [0.1, 0.15) is 11.0 Å². The molecule has 2 unspecified atom stereocenters. The van der Waals surface area contributed by atoms with Gasteiger partial charge in [0, 0.05) is 13.1 Å². The van der Waals surface area contributed by atoms with Crippen molar-refractivity contribution < 1.29 is 4.92 Å². The van der Waals surface area contributed by atoms with E-state index in [2.05, 4.69) is 9.88 Å². The summed E-state index contributed by atoms with van der Waals surface area (Å²) in [6.07, 6.45) is 3.85. The van der Waals surface area contributed by atoms with Crippen molar-refractivity contribution in [2.45, 2.75) is 19.3 Å². The quantitative estimate of drug-likeness (QED) is 0.470. The monoisotopic (exact) mass is 267 g/mol. The maximum absolute atomic E-state index is 10.8. The minimum atomic E-state index is -0.423. The third kappa shape index (κ3) is 2.03. The summed E-state index contributed by atoms with van der Waals surface area (Å²) in [7, 11) is 0. The highest BCUT2D eigenvalue weighted by Gasteiger charge is 2.36. The van der Waals surface area contributed by atoms with Gasteiger partial charge in [-0.2, -0.15) is 0 Å². The van der Waals surface area contributed by atoms with Gasteiger partial charge in [0.2, 0.25) is 0 Å². The van der Waals surface area contributed by atoms with Gasteiger partial charge < -0.3 is 4.90 Å². The SMILES string of the molecule is O=[N+]([O-])c1cc(Cl)nc(N2CC3CCCC3C2)c1. The zero-order valence-corrected chi connectivity index (χ0v) is 10.6. The average Bonchev–Trinajstić information content (AvgIpc) is 2.87. The molecule has 1 aromatic rings. The van der Waals surface area contributed by atoms with Gasteiger partial charge in [-0.3, -0.25) is 10.1 Å². The second-order valence-electron chi connectivity index (χ2n) is 5.12. The number of aromatic nitrogens is 1. The molecule has 1 saturated heterocycles. The molecule has 5 nitrogen and oxygen atoms in total. The van der Waals surface area contributed by atoms with Gasteiger partial charge in [-0.25, -0.2) is 4.98 Å². The smallest absolute Gasteiger partial charge is 0.276 e. The van der Waals surface area contributed by atoms with Crippen molar-refractivity contribution in [2.24, 2.45) is 11.8 Å². The van der Waals surface area contributed by atoms with E-state index in [9.17, 15) is 10.1 Å². The number of hydrogen-bond acceptors (Lipinski definition) is 4. The molecule has 6 heteroatoms. The van der Waals surface area contributed by atoms with Crippen molar-refractivity contribution in [3.05, 3.63) is 27.4 Å². The Morgan fingerprint density at radius 3 is 2.61 bits per heavy atom. The second kappa shape index (κ2) is 4.39. The van der Waals surface area contributed by atoms with Crippen LogP contribution in [0, 0.1) is 22.0 Å². The maximum atomic E-state index is 10.8. The standard InChI is InChI=1S/C12H14ClN3O2/c13-11-4-10(16(17)18)5-12(14-11)15-6-8-2-1-3-9(8)7-15/h4-5,8-9H,1-3,6-7H2. The summed E-state index contributed by atoms with van der Waals surface area (Å²) in [6, 6.07) is 2.81. The molecule has 1 aliphatic heterocycles. The van der Waals surface area contributed by atoms with Crippen LogP contribution in [0.25, 0.3) is 0 Å². The molecule has 1 saturated carbocycles. The predicted octanol–water partition coefficient (Wildman–Crippen LogP) is 2.88. The Labute approximate surface area is 110 Å². The Balaban J connectivity index is 1.86. The third-order valence-corrected chi connectivity index (χ3v) is 4.22. The van der Waals surface area contributed by atoms with Crippen molar-refractivity contribution in [1.29, 1.82) is 0 Å². The molecule has 2 atom stereocenters. The summed E-state index contributed by atoms with van der Waals surface area (Å²) in [5, 5.41) is 11.0. The Kier molecular flexibility index (Phi) is 2.86. The first-order valence-electron chi connectivity index (χ1n) is 6.20. The molecule has 2 heterocycles. The molecule has 0 spiro atoms. The van der Waals surface area contributed by atoms with E-state index in [0.29, 0.717) is 5.82 Å². The van der Waals surface area contributed by atoms with E-state index < -0.39 is 4.92 Å². The van der Waals surface area contributed by atoms with E-state index in [4.69, 9.17) is 11.6 Å². The van der Waals surface area contributed by atoms with Crippen LogP contribution in [0.4, 0.5) is 11.5 Å². The molecular weight excluding hydrogens is 254 g/mol. The Hall–Kier alpha value is -1.36. The molecule has 0 bridgehead atoms. The van der Waals surface area contributed by atoms with E-state index in [-0.39, 0.29) is 10.8 Å². The molecule has 2 fully saturated rings. The lowest BCUT2D eigenvalue weighted by Crippen LogP contribution is -2.21. The number of pyridine rings is 1. The highest BCUT2D eigenvalue weighted by molar-refractivity contribution is 6.29. The van der Waals surface area contributed by atoms with Crippen molar-refractivity contribution in [1.82, 2.24) is 4.98 Å². The fourth-order valence-corrected chi connectivity index (χ4v) is 3.36. The topological polar surface area (TPSA) is 59.3 Å². The molecular formula is C12H14ClN3O2. The van der Waals surface area contributed by atoms with Crippen molar-refractivity contribution in [3.8, 4) is 0 Å². The van der Waals surface area contributed by atoms with Crippen molar-refractivity contribution in [3.63, 3.8) is 0 Å². The van der Waals surface area contributed by atoms with Crippen LogP contribution in [0.3, 0.4) is 0 Å². The predicted molar refractivity (Wildman–Crippen MR) is 68.9 cm³/mol. The highest BCUT2D eigenvalue weighted by Crippen LogP contribution is 2.39. The van der Waals surface area contributed by atoms with Gasteiger partial charge in [0.25, 0.3) is 5.69 Å². The number of anilines is 1. The first kappa shape index (κ1) is 11.7. The van der Waals surface area contributed by atoms with Crippen LogP contribution < -0.4 is 4.90 Å². The lowest BCUT2D eigenvalue weighted by Gasteiger charge is -2.18. The lowest BCUT2D eigenvalue weighted by molar-refractivity contribution is -0.384. The Bertz CT molecular complexity index is 482. The molecule has 0 N–H and O–H groups in total. The van der Waals surface area contributed by atoms with Crippen LogP contribution in [0.15, 0.2) is 12.1 Å². The number of nitrogens with zero attached hydrogens (tertiary/aromatic N) is 3. The molecule has 0 radical (unpaired) electrons. The van der Waals surface area contributed by atoms with Crippen LogP contribution in [-0.2, 0) is 0 Å². The van der Waals surface area contributed by atoms with Crippen LogP contribution >= 0.6 is 11.6 Å². The zero-order chi connectivity index (χ0) is 12.7. The van der Waals surface area contributed by atoms with E-state index in [1.807, 2.05) is 0 Å². The zero-order valence-electron chi connectivity index (χ0n) is 9.88. The average molecular weight is 268 g/mol. The van der Waals surface area contributed by atoms with E-state index in [1.54, 1.807) is 0 Å². The molecule has 18 heavy (non-hydrogen) atoms. The number of fused-ring (bicyclic) bond motifs is 1. The first-order valence-corrected chi connectivity index (χ1v) is 6.58. The summed E-state index contributed by atoms with van der Waals surface area (Å²) < 4.78 is 0. The Morgan fingerprint density at radius 1 is 1.33 bits per heavy atom. The molecule has 0 aromatic carbocycles. The van der Waals surface area contributed by atoms with E-state index in [0.717, 1.165) is 24.9 Å². The minimum absolute atomic E-state index is 0.0158. The fraction of sp³-hybridized carbons (Fsp3) is 0.583. The first-order chi connectivity index (χ1) is 8.63. The van der Waals surface area contributed by atoms with Gasteiger partial charge in [-0.05, 0) is 24.7 Å².